The van der Waals surface area contributed by atoms with Crippen LogP contribution >= 0.6 is 0 Å². The van der Waals surface area contributed by atoms with E-state index in [0.717, 1.165) is 30.6 Å². The molecule has 2 aromatic rings. The van der Waals surface area contributed by atoms with Gasteiger partial charge in [-0.1, -0.05) is 0 Å². The van der Waals surface area contributed by atoms with Gasteiger partial charge in [0.15, 0.2) is 5.58 Å². The van der Waals surface area contributed by atoms with Crippen molar-refractivity contribution in [1.82, 2.24) is 10.3 Å². The molecule has 17 heavy (non-hydrogen) atoms. The first-order valence-electron chi connectivity index (χ1n) is 5.72. The summed E-state index contributed by atoms with van der Waals surface area (Å²) >= 11 is 0. The van der Waals surface area contributed by atoms with Crippen LogP contribution in [0.5, 0.6) is 0 Å². The Morgan fingerprint density at radius 3 is 3.06 bits per heavy atom. The van der Waals surface area contributed by atoms with Crippen LogP contribution in [0.25, 0.3) is 11.1 Å². The molecule has 0 radical (unpaired) electrons. The third-order valence-electron chi connectivity index (χ3n) is 2.65. The number of fused-ring (bicyclic) bond motifs is 1. The summed E-state index contributed by atoms with van der Waals surface area (Å²) in [6.45, 7) is 1.89. The van der Waals surface area contributed by atoms with Crippen LogP contribution in [0.3, 0.4) is 0 Å². The van der Waals surface area contributed by atoms with Crippen LogP contribution in [-0.4, -0.2) is 32.2 Å². The van der Waals surface area contributed by atoms with Crippen LogP contribution < -0.4 is 16.0 Å². The van der Waals surface area contributed by atoms with Gasteiger partial charge in [0.25, 0.3) is 6.01 Å². The first-order valence-corrected chi connectivity index (χ1v) is 5.72. The van der Waals surface area contributed by atoms with Gasteiger partial charge in [0.1, 0.15) is 5.52 Å². The molecule has 0 aliphatic heterocycles. The maximum atomic E-state index is 5.70. The molecule has 0 atom stereocenters. The molecule has 1 aromatic carbocycles. The number of anilines is 2. The van der Waals surface area contributed by atoms with Crippen molar-refractivity contribution in [2.45, 2.75) is 6.42 Å². The lowest BCUT2D eigenvalue weighted by Gasteiger charge is -2.13. The number of hydrogen-bond donors (Lipinski definition) is 2. The molecule has 1 aromatic heterocycles. The molecule has 0 saturated heterocycles. The summed E-state index contributed by atoms with van der Waals surface area (Å²) in [5.41, 5.74) is 7.99. The van der Waals surface area contributed by atoms with Gasteiger partial charge in [0.05, 0.1) is 0 Å². The van der Waals surface area contributed by atoms with Crippen molar-refractivity contribution in [1.29, 1.82) is 0 Å². The zero-order valence-electron chi connectivity index (χ0n) is 10.2. The van der Waals surface area contributed by atoms with Gasteiger partial charge in [-0.3, -0.25) is 0 Å². The second kappa shape index (κ2) is 5.05. The largest absolute Gasteiger partial charge is 0.423 e. The third kappa shape index (κ3) is 2.68. The monoisotopic (exact) mass is 234 g/mol. The summed E-state index contributed by atoms with van der Waals surface area (Å²) in [4.78, 5) is 6.42. The van der Waals surface area contributed by atoms with Crippen molar-refractivity contribution < 1.29 is 4.42 Å². The predicted molar refractivity (Wildman–Crippen MR) is 70.2 cm³/mol. The molecular formula is C12H18N4O. The summed E-state index contributed by atoms with van der Waals surface area (Å²) in [7, 11) is 3.92. The summed E-state index contributed by atoms with van der Waals surface area (Å²) in [6, 6.07) is 6.13. The minimum absolute atomic E-state index is 0.640. The van der Waals surface area contributed by atoms with Gasteiger partial charge in [-0.2, -0.15) is 4.98 Å². The minimum Gasteiger partial charge on any atom is -0.423 e. The molecule has 0 saturated carbocycles. The standard InChI is InChI=1S/C12H18N4O/c1-14-6-3-7-16(2)12-15-10-8-9(13)4-5-11(10)17-12/h4-5,8,14H,3,6-7,13H2,1-2H3. The van der Waals surface area contributed by atoms with Crippen LogP contribution in [0.1, 0.15) is 6.42 Å². The molecule has 5 heteroatoms. The van der Waals surface area contributed by atoms with Gasteiger partial charge in [-0.25, -0.2) is 0 Å². The zero-order valence-corrected chi connectivity index (χ0v) is 10.2. The van der Waals surface area contributed by atoms with E-state index >= 15 is 0 Å². The van der Waals surface area contributed by atoms with Crippen LogP contribution in [0.2, 0.25) is 0 Å². The van der Waals surface area contributed by atoms with Crippen molar-refractivity contribution in [2.24, 2.45) is 0 Å². The molecule has 0 spiro atoms. The third-order valence-corrected chi connectivity index (χ3v) is 2.65. The molecule has 0 bridgehead atoms. The molecule has 0 amide bonds. The average Bonchev–Trinajstić information content (AvgIpc) is 2.72. The van der Waals surface area contributed by atoms with E-state index in [9.17, 15) is 0 Å². The maximum absolute atomic E-state index is 5.70. The quantitative estimate of drug-likeness (QED) is 0.605. The van der Waals surface area contributed by atoms with Gasteiger partial charge >= 0.3 is 0 Å². The fourth-order valence-corrected chi connectivity index (χ4v) is 1.68. The lowest BCUT2D eigenvalue weighted by atomic mass is 10.3. The van der Waals surface area contributed by atoms with Crippen molar-refractivity contribution >= 4 is 22.8 Å². The lowest BCUT2D eigenvalue weighted by molar-refractivity contribution is 0.574. The van der Waals surface area contributed by atoms with Crippen LogP contribution in [-0.2, 0) is 0 Å². The van der Waals surface area contributed by atoms with E-state index in [1.807, 2.05) is 37.2 Å². The summed E-state index contributed by atoms with van der Waals surface area (Å²) in [5, 5.41) is 3.11. The molecular weight excluding hydrogens is 216 g/mol. The SMILES string of the molecule is CNCCCN(C)c1nc2cc(N)ccc2o1. The van der Waals surface area contributed by atoms with Gasteiger partial charge in [-0.05, 0) is 38.2 Å². The number of hydrogen-bond acceptors (Lipinski definition) is 5. The molecule has 5 nitrogen and oxygen atoms in total. The Morgan fingerprint density at radius 2 is 2.29 bits per heavy atom. The van der Waals surface area contributed by atoms with E-state index in [4.69, 9.17) is 10.2 Å². The Bertz CT molecular complexity index is 494. The number of nitrogens with zero attached hydrogens (tertiary/aromatic N) is 2. The Kier molecular flexibility index (Phi) is 3.49. The summed E-state index contributed by atoms with van der Waals surface area (Å²) < 4.78 is 5.65. The van der Waals surface area contributed by atoms with Gasteiger partial charge < -0.3 is 20.4 Å². The van der Waals surface area contributed by atoms with Crippen LogP contribution in [0.4, 0.5) is 11.7 Å². The highest BCUT2D eigenvalue weighted by Crippen LogP contribution is 2.22. The lowest BCUT2D eigenvalue weighted by Crippen LogP contribution is -2.22. The molecule has 1 heterocycles. The van der Waals surface area contributed by atoms with Gasteiger partial charge in [0, 0.05) is 19.3 Å². The fraction of sp³-hybridized carbons (Fsp3) is 0.417. The highest BCUT2D eigenvalue weighted by Gasteiger charge is 2.09. The highest BCUT2D eigenvalue weighted by atomic mass is 16.4. The van der Waals surface area contributed by atoms with E-state index in [0.29, 0.717) is 11.7 Å². The number of nitrogens with two attached hydrogens (primary N) is 1. The van der Waals surface area contributed by atoms with E-state index in [1.54, 1.807) is 0 Å². The molecule has 0 unspecified atom stereocenters. The predicted octanol–water partition coefficient (Wildman–Crippen LogP) is 1.46. The number of oxazole rings is 1. The van der Waals surface area contributed by atoms with E-state index in [2.05, 4.69) is 10.3 Å². The van der Waals surface area contributed by atoms with E-state index in [1.165, 1.54) is 0 Å². The van der Waals surface area contributed by atoms with Crippen molar-refractivity contribution in [3.8, 4) is 0 Å². The van der Waals surface area contributed by atoms with Crippen molar-refractivity contribution in [3.05, 3.63) is 18.2 Å². The van der Waals surface area contributed by atoms with Crippen molar-refractivity contribution in [2.75, 3.05) is 37.8 Å². The molecule has 3 N–H and O–H groups in total. The highest BCUT2D eigenvalue weighted by molar-refractivity contribution is 5.78. The number of nitrogen functional groups attached to an aromatic ring is 1. The van der Waals surface area contributed by atoms with Crippen LogP contribution in [0, 0.1) is 0 Å². The van der Waals surface area contributed by atoms with Gasteiger partial charge in [0.2, 0.25) is 0 Å². The van der Waals surface area contributed by atoms with Crippen molar-refractivity contribution in [3.63, 3.8) is 0 Å². The molecule has 2 rings (SSSR count). The Balaban J connectivity index is 2.12. The normalized spacial score (nSPS) is 10.9. The van der Waals surface area contributed by atoms with Crippen LogP contribution in [0.15, 0.2) is 22.6 Å². The smallest absolute Gasteiger partial charge is 0.298 e. The second-order valence-electron chi connectivity index (χ2n) is 4.10. The number of rotatable bonds is 5. The number of aromatic nitrogens is 1. The Hall–Kier alpha value is -1.75. The van der Waals surface area contributed by atoms with E-state index < -0.39 is 0 Å². The maximum Gasteiger partial charge on any atom is 0.298 e. The average molecular weight is 234 g/mol. The summed E-state index contributed by atoms with van der Waals surface area (Å²) in [6.07, 6.45) is 1.05. The topological polar surface area (TPSA) is 67.3 Å². The first kappa shape index (κ1) is 11.7. The molecule has 92 valence electrons. The molecule has 0 aliphatic carbocycles. The Morgan fingerprint density at radius 1 is 1.47 bits per heavy atom. The summed E-state index contributed by atoms with van der Waals surface area (Å²) in [5.74, 6) is 0. The molecule has 0 aliphatic rings. The van der Waals surface area contributed by atoms with E-state index in [-0.39, 0.29) is 0 Å². The second-order valence-corrected chi connectivity index (χ2v) is 4.10. The number of nitrogens with one attached hydrogen (secondary N) is 1. The Labute approximate surface area is 101 Å². The fourth-order valence-electron chi connectivity index (χ4n) is 1.68. The molecule has 0 fully saturated rings. The number of benzene rings is 1. The minimum atomic E-state index is 0.640. The first-order chi connectivity index (χ1) is 8.20. The van der Waals surface area contributed by atoms with Gasteiger partial charge in [-0.15, -0.1) is 0 Å². The zero-order chi connectivity index (χ0) is 12.3.